The van der Waals surface area contributed by atoms with Gasteiger partial charge in [0.2, 0.25) is 0 Å². The van der Waals surface area contributed by atoms with E-state index in [1.54, 1.807) is 17.4 Å². The van der Waals surface area contributed by atoms with E-state index in [1.807, 2.05) is 0 Å². The van der Waals surface area contributed by atoms with Crippen LogP contribution in [0.25, 0.3) is 11.3 Å². The third kappa shape index (κ3) is 4.12. The van der Waals surface area contributed by atoms with E-state index in [1.165, 1.54) is 18.2 Å². The third-order valence-corrected chi connectivity index (χ3v) is 3.33. The van der Waals surface area contributed by atoms with E-state index in [9.17, 15) is 23.1 Å². The molecule has 1 amide bonds. The lowest BCUT2D eigenvalue weighted by Gasteiger charge is -2.21. The maximum Gasteiger partial charge on any atom is 0.315 e. The number of aromatic nitrogens is 1. The van der Waals surface area contributed by atoms with Gasteiger partial charge in [-0.1, -0.05) is 29.4 Å². The molecular weight excluding hydrogens is 329 g/mol. The number of rotatable bonds is 7. The maximum atomic E-state index is 12.9. The number of hydrogen-bond donors (Lipinski definition) is 3. The summed E-state index contributed by atoms with van der Waals surface area (Å²) in [6.45, 7) is -1.48. The summed E-state index contributed by atoms with van der Waals surface area (Å²) in [5.74, 6) is -1.26. The van der Waals surface area contributed by atoms with Gasteiger partial charge in [0, 0.05) is 11.6 Å². The Morgan fingerprint density at radius 1 is 1.29 bits per heavy atom. The molecule has 0 radical (unpaired) electrons. The Bertz CT molecular complexity index is 676. The molecule has 0 spiro atoms. The number of nitrogens with one attached hydrogen (secondary N) is 1. The highest BCUT2D eigenvalue weighted by molar-refractivity contribution is 5.79. The summed E-state index contributed by atoms with van der Waals surface area (Å²) in [6.07, 6.45) is -4.78. The number of aliphatic hydroxyl groups is 2. The molecule has 24 heavy (non-hydrogen) atoms. The lowest BCUT2D eigenvalue weighted by Crippen LogP contribution is -2.43. The topological polar surface area (TPSA) is 95.6 Å². The minimum Gasteiger partial charge on any atom is -0.390 e. The minimum atomic E-state index is -3.29. The molecule has 0 saturated heterocycles. The zero-order valence-electron chi connectivity index (χ0n) is 12.3. The van der Waals surface area contributed by atoms with Crippen molar-refractivity contribution >= 4 is 5.91 Å². The van der Waals surface area contributed by atoms with Crippen LogP contribution in [0.2, 0.25) is 0 Å². The summed E-state index contributed by atoms with van der Waals surface area (Å²) in [7, 11) is 0. The van der Waals surface area contributed by atoms with Crippen molar-refractivity contribution < 1.29 is 32.7 Å². The third-order valence-electron chi connectivity index (χ3n) is 3.33. The number of carbonyl (C=O) groups excluding carboxylic acids is 1. The van der Waals surface area contributed by atoms with Crippen LogP contribution < -0.4 is 5.32 Å². The molecule has 130 valence electrons. The predicted octanol–water partition coefficient (Wildman–Crippen LogP) is 1.59. The molecule has 1 aromatic carbocycles. The number of benzene rings is 1. The Balaban J connectivity index is 2.12. The number of halogens is 3. The van der Waals surface area contributed by atoms with Gasteiger partial charge in [-0.2, -0.15) is 8.78 Å². The minimum absolute atomic E-state index is 0.234. The van der Waals surface area contributed by atoms with Crippen molar-refractivity contribution in [1.29, 1.82) is 0 Å². The van der Waals surface area contributed by atoms with Gasteiger partial charge in [-0.3, -0.25) is 4.79 Å². The van der Waals surface area contributed by atoms with Gasteiger partial charge in [0.25, 0.3) is 5.91 Å². The summed E-state index contributed by atoms with van der Waals surface area (Å²) in [5, 5.41) is 24.3. The largest absolute Gasteiger partial charge is 0.390 e. The monoisotopic (exact) mass is 344 g/mol. The molecule has 2 atom stereocenters. The number of nitrogens with zero attached hydrogens (tertiary/aromatic N) is 1. The van der Waals surface area contributed by atoms with Crippen LogP contribution in [0.1, 0.15) is 17.4 Å². The highest BCUT2D eigenvalue weighted by Crippen LogP contribution is 2.24. The SMILES string of the molecule is O=C(NC(CF)C(O)c1ccc(-c2cc(CO)no2)cc1)C(F)F. The van der Waals surface area contributed by atoms with Crippen LogP contribution in [0.15, 0.2) is 34.9 Å². The Hall–Kier alpha value is -2.39. The molecule has 2 rings (SSSR count). The molecule has 3 N–H and O–H groups in total. The summed E-state index contributed by atoms with van der Waals surface area (Å²) in [5.41, 5.74) is 1.17. The second kappa shape index (κ2) is 7.93. The van der Waals surface area contributed by atoms with Crippen LogP contribution >= 0.6 is 0 Å². The molecule has 2 unspecified atom stereocenters. The van der Waals surface area contributed by atoms with Gasteiger partial charge in [-0.25, -0.2) is 4.39 Å². The molecule has 6 nitrogen and oxygen atoms in total. The molecule has 0 aliphatic heterocycles. The van der Waals surface area contributed by atoms with Crippen LogP contribution in [-0.4, -0.2) is 40.4 Å². The van der Waals surface area contributed by atoms with Crippen LogP contribution in [0, 0.1) is 0 Å². The number of carbonyl (C=O) groups is 1. The van der Waals surface area contributed by atoms with Crippen LogP contribution in [0.4, 0.5) is 13.2 Å². The zero-order valence-corrected chi connectivity index (χ0v) is 12.3. The summed E-state index contributed by atoms with van der Waals surface area (Å²) >= 11 is 0. The Labute approximate surface area is 134 Å². The summed E-state index contributed by atoms with van der Waals surface area (Å²) in [6, 6.07) is 6.02. The van der Waals surface area contributed by atoms with Gasteiger partial charge in [0.1, 0.15) is 18.5 Å². The van der Waals surface area contributed by atoms with E-state index < -0.39 is 31.2 Å². The fourth-order valence-electron chi connectivity index (χ4n) is 2.05. The van der Waals surface area contributed by atoms with E-state index in [-0.39, 0.29) is 12.2 Å². The highest BCUT2D eigenvalue weighted by Gasteiger charge is 2.26. The average Bonchev–Trinajstić information content (AvgIpc) is 3.08. The first-order valence-corrected chi connectivity index (χ1v) is 6.95. The number of hydrogen-bond acceptors (Lipinski definition) is 5. The number of alkyl halides is 3. The van der Waals surface area contributed by atoms with Crippen molar-refractivity contribution in [3.05, 3.63) is 41.6 Å². The maximum absolute atomic E-state index is 12.9. The van der Waals surface area contributed by atoms with E-state index in [0.717, 1.165) is 0 Å². The first kappa shape index (κ1) is 18.0. The van der Waals surface area contributed by atoms with Crippen LogP contribution in [0.3, 0.4) is 0 Å². The Kier molecular flexibility index (Phi) is 5.93. The van der Waals surface area contributed by atoms with Gasteiger partial charge < -0.3 is 20.1 Å². The van der Waals surface area contributed by atoms with Crippen LogP contribution in [-0.2, 0) is 11.4 Å². The summed E-state index contributed by atoms with van der Waals surface area (Å²) in [4.78, 5) is 10.9. The first-order chi connectivity index (χ1) is 11.5. The fraction of sp³-hybridized carbons (Fsp3) is 0.333. The molecule has 2 aromatic rings. The first-order valence-electron chi connectivity index (χ1n) is 6.95. The second-order valence-electron chi connectivity index (χ2n) is 4.98. The average molecular weight is 344 g/mol. The number of amides is 1. The molecule has 0 aliphatic rings. The predicted molar refractivity (Wildman–Crippen MR) is 76.7 cm³/mol. The van der Waals surface area contributed by atoms with E-state index in [4.69, 9.17) is 9.63 Å². The normalized spacial score (nSPS) is 13.8. The second-order valence-corrected chi connectivity index (χ2v) is 4.98. The molecule has 0 aliphatic carbocycles. The molecular formula is C15H15F3N2O4. The summed E-state index contributed by atoms with van der Waals surface area (Å²) < 4.78 is 42.4. The molecule has 1 aromatic heterocycles. The van der Waals surface area contributed by atoms with Crippen molar-refractivity contribution in [2.45, 2.75) is 25.2 Å². The van der Waals surface area contributed by atoms with Gasteiger partial charge in [0.05, 0.1) is 12.6 Å². The smallest absolute Gasteiger partial charge is 0.315 e. The molecule has 1 heterocycles. The number of aliphatic hydroxyl groups excluding tert-OH is 2. The zero-order chi connectivity index (χ0) is 17.7. The molecule has 0 bridgehead atoms. The van der Waals surface area contributed by atoms with Gasteiger partial charge in [0.15, 0.2) is 5.76 Å². The van der Waals surface area contributed by atoms with Crippen molar-refractivity contribution in [2.24, 2.45) is 0 Å². The Morgan fingerprint density at radius 3 is 2.46 bits per heavy atom. The van der Waals surface area contributed by atoms with E-state index in [2.05, 4.69) is 5.16 Å². The van der Waals surface area contributed by atoms with Crippen molar-refractivity contribution in [2.75, 3.05) is 6.67 Å². The lowest BCUT2D eigenvalue weighted by molar-refractivity contribution is -0.133. The van der Waals surface area contributed by atoms with Gasteiger partial charge in [-0.15, -0.1) is 0 Å². The van der Waals surface area contributed by atoms with Gasteiger partial charge in [-0.05, 0) is 5.56 Å². The molecule has 9 heteroatoms. The van der Waals surface area contributed by atoms with Gasteiger partial charge >= 0.3 is 6.43 Å². The van der Waals surface area contributed by atoms with E-state index in [0.29, 0.717) is 17.0 Å². The quantitative estimate of drug-likeness (QED) is 0.709. The Morgan fingerprint density at radius 2 is 1.96 bits per heavy atom. The standard InChI is InChI=1S/C15H15F3N2O4/c16-6-11(19-15(23)14(17)18)13(22)9-3-1-8(2-4-9)12-5-10(7-21)20-24-12/h1-5,11,13-14,21-22H,6-7H2,(H,19,23). The van der Waals surface area contributed by atoms with Crippen molar-refractivity contribution in [3.8, 4) is 11.3 Å². The fourth-order valence-corrected chi connectivity index (χ4v) is 2.05. The van der Waals surface area contributed by atoms with E-state index >= 15 is 0 Å². The lowest BCUT2D eigenvalue weighted by atomic mass is 10.0. The molecule has 0 saturated carbocycles. The van der Waals surface area contributed by atoms with Crippen LogP contribution in [0.5, 0.6) is 0 Å². The molecule has 0 fully saturated rings. The highest BCUT2D eigenvalue weighted by atomic mass is 19.3. The van der Waals surface area contributed by atoms with Crippen molar-refractivity contribution in [3.63, 3.8) is 0 Å². The van der Waals surface area contributed by atoms with Crippen molar-refractivity contribution in [1.82, 2.24) is 10.5 Å².